The Bertz CT molecular complexity index is 742. The number of nitrogens with two attached hydrogens (primary N) is 1. The molecule has 6 heteroatoms. The predicted octanol–water partition coefficient (Wildman–Crippen LogP) is 1.38. The molecule has 0 spiro atoms. The molecule has 1 saturated carbocycles. The van der Waals surface area contributed by atoms with Gasteiger partial charge in [-0.15, -0.1) is 10.2 Å². The zero-order chi connectivity index (χ0) is 17.2. The van der Waals surface area contributed by atoms with E-state index < -0.39 is 0 Å². The van der Waals surface area contributed by atoms with Crippen LogP contribution >= 0.6 is 0 Å². The van der Waals surface area contributed by atoms with Crippen LogP contribution in [0.15, 0.2) is 30.3 Å². The highest BCUT2D eigenvalue weighted by Gasteiger charge is 2.32. The first-order chi connectivity index (χ1) is 12.2. The van der Waals surface area contributed by atoms with Crippen molar-refractivity contribution in [3.63, 3.8) is 0 Å². The lowest BCUT2D eigenvalue weighted by atomic mass is 10.1. The summed E-state index contributed by atoms with van der Waals surface area (Å²) in [6.07, 6.45) is 4.28. The van der Waals surface area contributed by atoms with Gasteiger partial charge in [0.2, 0.25) is 5.91 Å². The molecule has 2 N–H and O–H groups in total. The first kappa shape index (κ1) is 16.3. The minimum atomic E-state index is 0.113. The molecule has 1 aliphatic carbocycles. The van der Waals surface area contributed by atoms with Crippen molar-refractivity contribution in [3.8, 4) is 0 Å². The third kappa shape index (κ3) is 3.44. The van der Waals surface area contributed by atoms with Crippen molar-refractivity contribution >= 4 is 5.91 Å². The van der Waals surface area contributed by atoms with Crippen molar-refractivity contribution in [1.82, 2.24) is 19.7 Å². The Hall–Kier alpha value is -2.21. The van der Waals surface area contributed by atoms with E-state index in [-0.39, 0.29) is 17.9 Å². The van der Waals surface area contributed by atoms with Crippen LogP contribution in [0, 0.1) is 5.92 Å². The van der Waals surface area contributed by atoms with Crippen LogP contribution in [0.25, 0.3) is 0 Å². The molecular weight excluding hydrogens is 314 g/mol. The summed E-state index contributed by atoms with van der Waals surface area (Å²) in [7, 11) is 0. The van der Waals surface area contributed by atoms with Gasteiger partial charge in [0.25, 0.3) is 0 Å². The van der Waals surface area contributed by atoms with Gasteiger partial charge in [0.05, 0.1) is 0 Å². The number of nitrogens with zero attached hydrogens (tertiary/aromatic N) is 4. The maximum Gasteiger partial charge on any atom is 0.225 e. The van der Waals surface area contributed by atoms with E-state index in [0.29, 0.717) is 0 Å². The molecule has 1 aromatic heterocycles. The molecule has 6 nitrogen and oxygen atoms in total. The second-order valence-electron chi connectivity index (χ2n) is 7.19. The minimum absolute atomic E-state index is 0.113. The average Bonchev–Trinajstić information content (AvgIpc) is 3.16. The number of carbonyl (C=O) groups is 1. The molecule has 0 bridgehead atoms. The number of amides is 1. The van der Waals surface area contributed by atoms with E-state index >= 15 is 0 Å². The van der Waals surface area contributed by atoms with Gasteiger partial charge < -0.3 is 15.2 Å². The fraction of sp³-hybridized carbons (Fsp3) is 0.526. The van der Waals surface area contributed by atoms with E-state index in [1.54, 1.807) is 0 Å². The summed E-state index contributed by atoms with van der Waals surface area (Å²) in [5.74, 6) is 2.36. The summed E-state index contributed by atoms with van der Waals surface area (Å²) >= 11 is 0. The summed E-state index contributed by atoms with van der Waals surface area (Å²) in [5.41, 5.74) is 7.21. The van der Waals surface area contributed by atoms with Gasteiger partial charge in [-0.05, 0) is 24.8 Å². The van der Waals surface area contributed by atoms with Gasteiger partial charge in [0, 0.05) is 44.4 Å². The van der Waals surface area contributed by atoms with E-state index in [9.17, 15) is 4.79 Å². The molecule has 1 amide bonds. The lowest BCUT2D eigenvalue weighted by molar-refractivity contribution is -0.135. The highest BCUT2D eigenvalue weighted by atomic mass is 16.2. The van der Waals surface area contributed by atoms with Crippen LogP contribution in [0.5, 0.6) is 0 Å². The molecule has 0 saturated heterocycles. The molecule has 0 unspecified atom stereocenters. The Morgan fingerprint density at radius 1 is 1.12 bits per heavy atom. The molecule has 25 heavy (non-hydrogen) atoms. The van der Waals surface area contributed by atoms with Crippen LogP contribution in [-0.4, -0.2) is 44.7 Å². The predicted molar refractivity (Wildman–Crippen MR) is 94.9 cm³/mol. The topological polar surface area (TPSA) is 77.0 Å². The van der Waals surface area contributed by atoms with E-state index in [0.717, 1.165) is 63.4 Å². The summed E-state index contributed by atoms with van der Waals surface area (Å²) < 4.78 is 2.20. The summed E-state index contributed by atoms with van der Waals surface area (Å²) in [6.45, 7) is 2.24. The number of aromatic nitrogens is 3. The van der Waals surface area contributed by atoms with Crippen LogP contribution < -0.4 is 5.73 Å². The molecular formula is C19H25N5O. The Balaban J connectivity index is 1.44. The number of hydrogen-bond donors (Lipinski definition) is 1. The van der Waals surface area contributed by atoms with Crippen LogP contribution in [0.2, 0.25) is 0 Å². The van der Waals surface area contributed by atoms with Crippen LogP contribution in [0.4, 0.5) is 0 Å². The third-order valence-electron chi connectivity index (χ3n) is 5.44. The van der Waals surface area contributed by atoms with Gasteiger partial charge in [-0.3, -0.25) is 4.79 Å². The van der Waals surface area contributed by atoms with Crippen LogP contribution in [0.3, 0.4) is 0 Å². The van der Waals surface area contributed by atoms with Crippen LogP contribution in [-0.2, 0) is 24.2 Å². The van der Waals surface area contributed by atoms with E-state index in [4.69, 9.17) is 5.73 Å². The molecule has 2 aliphatic rings. The molecule has 2 atom stereocenters. The average molecular weight is 339 g/mol. The van der Waals surface area contributed by atoms with Crippen molar-refractivity contribution in [2.75, 3.05) is 13.1 Å². The largest absolute Gasteiger partial charge is 0.340 e. The fourth-order valence-electron chi connectivity index (χ4n) is 4.01. The van der Waals surface area contributed by atoms with E-state index in [2.05, 4.69) is 26.9 Å². The van der Waals surface area contributed by atoms with Gasteiger partial charge in [-0.1, -0.05) is 30.3 Å². The molecule has 2 heterocycles. The number of benzene rings is 1. The SMILES string of the molecule is N[C@H]1CC[C@@H](C(=O)N2CCc3nnc(Cc4ccccc4)n3CC2)C1. The van der Waals surface area contributed by atoms with Gasteiger partial charge in [-0.2, -0.15) is 0 Å². The van der Waals surface area contributed by atoms with Gasteiger partial charge in [-0.25, -0.2) is 0 Å². The maximum atomic E-state index is 12.8. The second-order valence-corrected chi connectivity index (χ2v) is 7.19. The Kier molecular flexibility index (Phi) is 4.53. The second kappa shape index (κ2) is 6.96. The number of hydrogen-bond acceptors (Lipinski definition) is 4. The fourth-order valence-corrected chi connectivity index (χ4v) is 4.01. The summed E-state index contributed by atoms with van der Waals surface area (Å²) in [5, 5.41) is 8.76. The summed E-state index contributed by atoms with van der Waals surface area (Å²) in [4.78, 5) is 14.8. The van der Waals surface area contributed by atoms with Crippen molar-refractivity contribution < 1.29 is 4.79 Å². The molecule has 132 valence electrons. The van der Waals surface area contributed by atoms with Gasteiger partial charge in [0.1, 0.15) is 11.6 Å². The molecule has 1 fully saturated rings. The standard InChI is InChI=1S/C19H25N5O/c20-16-7-6-15(13-16)19(25)23-9-8-17-21-22-18(24(17)11-10-23)12-14-4-2-1-3-5-14/h1-5,15-16H,6-13,20H2/t15-,16+/m1/s1. The van der Waals surface area contributed by atoms with Crippen LogP contribution in [0.1, 0.15) is 36.5 Å². The van der Waals surface area contributed by atoms with Gasteiger partial charge >= 0.3 is 0 Å². The molecule has 2 aromatic rings. The monoisotopic (exact) mass is 339 g/mol. The lowest BCUT2D eigenvalue weighted by Crippen LogP contribution is -2.38. The first-order valence-corrected chi connectivity index (χ1v) is 9.20. The minimum Gasteiger partial charge on any atom is -0.340 e. The highest BCUT2D eigenvalue weighted by Crippen LogP contribution is 2.26. The van der Waals surface area contributed by atoms with Crippen molar-refractivity contribution in [3.05, 3.63) is 47.5 Å². The maximum absolute atomic E-state index is 12.8. The van der Waals surface area contributed by atoms with Crippen molar-refractivity contribution in [2.45, 2.75) is 44.7 Å². The molecule has 0 radical (unpaired) electrons. The number of carbonyl (C=O) groups excluding carboxylic acids is 1. The zero-order valence-electron chi connectivity index (χ0n) is 14.5. The first-order valence-electron chi connectivity index (χ1n) is 9.20. The quantitative estimate of drug-likeness (QED) is 0.916. The van der Waals surface area contributed by atoms with Crippen molar-refractivity contribution in [1.29, 1.82) is 0 Å². The van der Waals surface area contributed by atoms with E-state index in [1.165, 1.54) is 5.56 Å². The Labute approximate surface area is 148 Å². The molecule has 1 aliphatic heterocycles. The molecule has 1 aromatic carbocycles. The third-order valence-corrected chi connectivity index (χ3v) is 5.44. The van der Waals surface area contributed by atoms with E-state index in [1.807, 2.05) is 23.1 Å². The van der Waals surface area contributed by atoms with Crippen molar-refractivity contribution in [2.24, 2.45) is 11.7 Å². The Morgan fingerprint density at radius 2 is 1.96 bits per heavy atom. The zero-order valence-corrected chi connectivity index (χ0v) is 14.5. The molecule has 4 rings (SSSR count). The highest BCUT2D eigenvalue weighted by molar-refractivity contribution is 5.79. The normalized spacial score (nSPS) is 23.3. The Morgan fingerprint density at radius 3 is 2.72 bits per heavy atom. The van der Waals surface area contributed by atoms with Gasteiger partial charge in [0.15, 0.2) is 0 Å². The smallest absolute Gasteiger partial charge is 0.225 e. The number of rotatable bonds is 3. The summed E-state index contributed by atoms with van der Waals surface area (Å²) in [6, 6.07) is 10.5. The number of fused-ring (bicyclic) bond motifs is 1. The lowest BCUT2D eigenvalue weighted by Gasteiger charge is -2.23.